The molecule has 0 atom stereocenters. The smallest absolute Gasteiger partial charge is 0.416 e. The maximum atomic E-state index is 12.7. The molecule has 2 aromatic rings. The molecular weight excluding hydrogens is 271 g/mol. The van der Waals surface area contributed by atoms with Crippen LogP contribution < -0.4 is 4.74 Å². The van der Waals surface area contributed by atoms with Gasteiger partial charge in [-0.1, -0.05) is 6.92 Å². The lowest BCUT2D eigenvalue weighted by Gasteiger charge is -2.07. The van der Waals surface area contributed by atoms with E-state index in [1.165, 1.54) is 7.11 Å². The second kappa shape index (κ2) is 5.52. The zero-order valence-corrected chi connectivity index (χ0v) is 11.1. The molecule has 7 heteroatoms. The molecule has 0 amide bonds. The molecule has 0 aliphatic carbocycles. The minimum absolute atomic E-state index is 0.194. The van der Waals surface area contributed by atoms with Crippen LogP contribution in [0.5, 0.6) is 5.88 Å². The minimum Gasteiger partial charge on any atom is -0.479 e. The van der Waals surface area contributed by atoms with E-state index in [9.17, 15) is 13.2 Å². The van der Waals surface area contributed by atoms with Crippen molar-refractivity contribution in [1.82, 2.24) is 14.8 Å². The highest BCUT2D eigenvalue weighted by molar-refractivity contribution is 5.64. The normalized spacial score (nSPS) is 11.7. The van der Waals surface area contributed by atoms with Gasteiger partial charge in [-0.15, -0.1) is 5.10 Å². The van der Waals surface area contributed by atoms with Gasteiger partial charge in [0.15, 0.2) is 0 Å². The molecule has 0 spiro atoms. The van der Waals surface area contributed by atoms with Gasteiger partial charge >= 0.3 is 6.18 Å². The summed E-state index contributed by atoms with van der Waals surface area (Å²) in [7, 11) is 1.43. The summed E-state index contributed by atoms with van der Waals surface area (Å²) < 4.78 is 44.9. The molecular formula is C13H14F3N3O. The molecule has 0 aromatic carbocycles. The summed E-state index contributed by atoms with van der Waals surface area (Å²) in [5, 5.41) is 4.16. The van der Waals surface area contributed by atoms with Crippen LogP contribution >= 0.6 is 0 Å². The number of ether oxygens (including phenoxy) is 1. The third-order valence-corrected chi connectivity index (χ3v) is 2.74. The molecule has 0 aliphatic rings. The Labute approximate surface area is 114 Å². The first-order chi connectivity index (χ1) is 9.45. The summed E-state index contributed by atoms with van der Waals surface area (Å²) in [6.45, 7) is 2.64. The Morgan fingerprint density at radius 3 is 2.70 bits per heavy atom. The van der Waals surface area contributed by atoms with Crippen molar-refractivity contribution in [2.45, 2.75) is 26.1 Å². The number of rotatable bonds is 4. The summed E-state index contributed by atoms with van der Waals surface area (Å²) in [6, 6.07) is 1.93. The lowest BCUT2D eigenvalue weighted by Crippen LogP contribution is -2.05. The first-order valence-corrected chi connectivity index (χ1v) is 6.10. The van der Waals surface area contributed by atoms with Gasteiger partial charge in [-0.25, -0.2) is 0 Å². The number of nitrogens with zero attached hydrogens (tertiary/aromatic N) is 3. The molecule has 0 unspecified atom stereocenters. The Kier molecular flexibility index (Phi) is 3.96. The summed E-state index contributed by atoms with van der Waals surface area (Å²) in [5.41, 5.74) is -0.0983. The molecule has 2 rings (SSSR count). The number of halogens is 3. The van der Waals surface area contributed by atoms with E-state index in [0.717, 1.165) is 24.8 Å². The van der Waals surface area contributed by atoms with Crippen LogP contribution in [0, 0.1) is 0 Å². The highest BCUT2D eigenvalue weighted by Gasteiger charge is 2.31. The van der Waals surface area contributed by atoms with Crippen LogP contribution in [-0.2, 0) is 12.7 Å². The van der Waals surface area contributed by atoms with Gasteiger partial charge in [-0.3, -0.25) is 9.67 Å². The van der Waals surface area contributed by atoms with Crippen molar-refractivity contribution in [1.29, 1.82) is 0 Å². The van der Waals surface area contributed by atoms with E-state index in [4.69, 9.17) is 4.74 Å². The van der Waals surface area contributed by atoms with Gasteiger partial charge < -0.3 is 4.74 Å². The van der Waals surface area contributed by atoms with Gasteiger partial charge in [0.1, 0.15) is 0 Å². The van der Waals surface area contributed by atoms with Gasteiger partial charge in [0.25, 0.3) is 0 Å². The van der Waals surface area contributed by atoms with Crippen molar-refractivity contribution < 1.29 is 17.9 Å². The van der Waals surface area contributed by atoms with Crippen molar-refractivity contribution >= 4 is 0 Å². The van der Waals surface area contributed by atoms with Crippen molar-refractivity contribution in [2.75, 3.05) is 7.11 Å². The molecule has 0 aliphatic heterocycles. The Hall–Kier alpha value is -2.05. The molecule has 20 heavy (non-hydrogen) atoms. The van der Waals surface area contributed by atoms with Crippen LogP contribution in [0.3, 0.4) is 0 Å². The molecule has 0 saturated carbocycles. The summed E-state index contributed by atoms with van der Waals surface area (Å²) >= 11 is 0. The van der Waals surface area contributed by atoms with Crippen molar-refractivity contribution in [3.63, 3.8) is 0 Å². The number of hydrogen-bond donors (Lipinski definition) is 0. The molecule has 0 N–H and O–H groups in total. The number of aryl methyl sites for hydroxylation is 1. The van der Waals surface area contributed by atoms with Gasteiger partial charge in [0.2, 0.25) is 5.88 Å². The lowest BCUT2D eigenvalue weighted by molar-refractivity contribution is -0.137. The van der Waals surface area contributed by atoms with E-state index in [1.807, 2.05) is 6.92 Å². The first kappa shape index (κ1) is 14.4. The molecule has 0 saturated heterocycles. The van der Waals surface area contributed by atoms with E-state index in [2.05, 4.69) is 10.1 Å². The zero-order valence-electron chi connectivity index (χ0n) is 11.1. The zero-order chi connectivity index (χ0) is 14.8. The van der Waals surface area contributed by atoms with Crippen LogP contribution in [0.15, 0.2) is 24.5 Å². The van der Waals surface area contributed by atoms with Crippen LogP contribution in [0.4, 0.5) is 13.2 Å². The van der Waals surface area contributed by atoms with Gasteiger partial charge in [0, 0.05) is 18.9 Å². The van der Waals surface area contributed by atoms with Crippen molar-refractivity contribution in [3.05, 3.63) is 30.1 Å². The van der Waals surface area contributed by atoms with E-state index in [1.54, 1.807) is 10.9 Å². The van der Waals surface area contributed by atoms with E-state index in [-0.39, 0.29) is 11.6 Å². The van der Waals surface area contributed by atoms with Gasteiger partial charge in [-0.2, -0.15) is 13.2 Å². The largest absolute Gasteiger partial charge is 0.479 e. The second-order valence-electron chi connectivity index (χ2n) is 4.24. The fourth-order valence-electron chi connectivity index (χ4n) is 1.83. The van der Waals surface area contributed by atoms with Gasteiger partial charge in [0.05, 0.1) is 23.9 Å². The Balaban J connectivity index is 2.45. The molecule has 4 nitrogen and oxygen atoms in total. The molecule has 0 fully saturated rings. The fourth-order valence-corrected chi connectivity index (χ4v) is 1.83. The number of hydrogen-bond acceptors (Lipinski definition) is 3. The highest BCUT2D eigenvalue weighted by Crippen LogP contribution is 2.33. The summed E-state index contributed by atoms with van der Waals surface area (Å²) in [5.74, 6) is 0.269. The van der Waals surface area contributed by atoms with Crippen molar-refractivity contribution in [3.8, 4) is 17.1 Å². The number of aromatic nitrogens is 3. The number of pyridine rings is 1. The quantitative estimate of drug-likeness (QED) is 0.864. The SMILES string of the molecule is CCCn1cc(-c2cc(C(F)(F)F)ccn2)c(OC)n1. The monoisotopic (exact) mass is 285 g/mol. The number of alkyl halides is 3. The number of methoxy groups -OCH3 is 1. The summed E-state index contributed by atoms with van der Waals surface area (Å²) in [4.78, 5) is 3.97. The molecule has 0 radical (unpaired) electrons. The summed E-state index contributed by atoms with van der Waals surface area (Å²) in [6.07, 6.45) is -0.760. The van der Waals surface area contributed by atoms with E-state index >= 15 is 0 Å². The first-order valence-electron chi connectivity index (χ1n) is 6.10. The molecule has 2 aromatic heterocycles. The van der Waals surface area contributed by atoms with E-state index in [0.29, 0.717) is 12.1 Å². The van der Waals surface area contributed by atoms with Crippen LogP contribution in [0.25, 0.3) is 11.3 Å². The average Bonchev–Trinajstić information content (AvgIpc) is 2.81. The lowest BCUT2D eigenvalue weighted by atomic mass is 10.1. The van der Waals surface area contributed by atoms with Gasteiger partial charge in [-0.05, 0) is 18.6 Å². The third-order valence-electron chi connectivity index (χ3n) is 2.74. The maximum absolute atomic E-state index is 12.7. The second-order valence-corrected chi connectivity index (χ2v) is 4.24. The van der Waals surface area contributed by atoms with E-state index < -0.39 is 11.7 Å². The maximum Gasteiger partial charge on any atom is 0.416 e. The topological polar surface area (TPSA) is 39.9 Å². The Bertz CT molecular complexity index is 593. The third kappa shape index (κ3) is 2.92. The van der Waals surface area contributed by atoms with Crippen LogP contribution in [0.1, 0.15) is 18.9 Å². The van der Waals surface area contributed by atoms with Crippen LogP contribution in [-0.4, -0.2) is 21.9 Å². The fraction of sp³-hybridized carbons (Fsp3) is 0.385. The average molecular weight is 285 g/mol. The molecule has 0 bridgehead atoms. The Morgan fingerprint density at radius 2 is 2.10 bits per heavy atom. The van der Waals surface area contributed by atoms with Crippen molar-refractivity contribution in [2.24, 2.45) is 0 Å². The predicted octanol–water partition coefficient (Wildman–Crippen LogP) is 3.38. The molecule has 108 valence electrons. The highest BCUT2D eigenvalue weighted by atomic mass is 19.4. The predicted molar refractivity (Wildman–Crippen MR) is 67.3 cm³/mol. The standard InChI is InChI=1S/C13H14F3N3O/c1-3-6-19-8-10(12(18-19)20-2)11-7-9(4-5-17-11)13(14,15)16/h4-5,7-8H,3,6H2,1-2H3. The van der Waals surface area contributed by atoms with Crippen LogP contribution in [0.2, 0.25) is 0 Å². The Morgan fingerprint density at radius 1 is 1.35 bits per heavy atom. The molecule has 2 heterocycles. The minimum atomic E-state index is -4.40.